The van der Waals surface area contributed by atoms with Crippen LogP contribution in [0.2, 0.25) is 0 Å². The summed E-state index contributed by atoms with van der Waals surface area (Å²) in [6.07, 6.45) is 2.12. The molecule has 0 aliphatic carbocycles. The Morgan fingerprint density at radius 3 is 1.79 bits per heavy atom. The first kappa shape index (κ1) is 16.6. The van der Waals surface area contributed by atoms with E-state index in [1.165, 1.54) is 0 Å². The summed E-state index contributed by atoms with van der Waals surface area (Å²) in [5.74, 6) is 0.770. The van der Waals surface area contributed by atoms with E-state index in [0.29, 0.717) is 17.9 Å². The molecule has 24 heavy (non-hydrogen) atoms. The zero-order chi connectivity index (χ0) is 17.2. The van der Waals surface area contributed by atoms with Crippen LogP contribution in [0.25, 0.3) is 0 Å². The van der Waals surface area contributed by atoms with E-state index in [9.17, 15) is 9.77 Å². The maximum absolute atomic E-state index is 13.5. The van der Waals surface area contributed by atoms with Gasteiger partial charge in [-0.1, -0.05) is 36.4 Å². The molecule has 0 bridgehead atoms. The SMILES string of the molecule is CC1(C)CC=C(P(=O)(Oc2ccccc2)Oc2ccccc2)N1[O-]. The second kappa shape index (κ2) is 6.34. The van der Waals surface area contributed by atoms with E-state index < -0.39 is 13.1 Å². The quantitative estimate of drug-likeness (QED) is 0.701. The molecule has 0 saturated carbocycles. The van der Waals surface area contributed by atoms with Crippen LogP contribution in [0.3, 0.4) is 0 Å². The van der Waals surface area contributed by atoms with Gasteiger partial charge in [-0.3, -0.25) is 0 Å². The number of nitrogens with zero attached hydrogens (tertiary/aromatic N) is 1. The van der Waals surface area contributed by atoms with Crippen LogP contribution in [0.15, 0.2) is 72.2 Å². The third-order valence-electron chi connectivity index (χ3n) is 3.76. The molecule has 0 amide bonds. The molecule has 0 N–H and O–H groups in total. The Hall–Kier alpha value is -2.23. The molecule has 0 saturated heterocycles. The van der Waals surface area contributed by atoms with Crippen molar-refractivity contribution in [3.8, 4) is 11.5 Å². The van der Waals surface area contributed by atoms with Crippen molar-refractivity contribution in [1.29, 1.82) is 0 Å². The van der Waals surface area contributed by atoms with Gasteiger partial charge in [-0.2, -0.15) is 0 Å². The monoisotopic (exact) mass is 344 g/mol. The molecular formula is C18H19NO4P-. The number of para-hydroxylation sites is 2. The molecule has 2 aromatic carbocycles. The van der Waals surface area contributed by atoms with Crippen LogP contribution >= 0.6 is 7.60 Å². The molecule has 126 valence electrons. The lowest BCUT2D eigenvalue weighted by molar-refractivity contribution is 0.264. The van der Waals surface area contributed by atoms with Gasteiger partial charge in [0.1, 0.15) is 16.9 Å². The van der Waals surface area contributed by atoms with Crippen LogP contribution in [-0.2, 0) is 4.57 Å². The predicted octanol–water partition coefficient (Wildman–Crippen LogP) is 5.16. The number of hydrogen-bond acceptors (Lipinski definition) is 5. The largest absolute Gasteiger partial charge is 0.758 e. The van der Waals surface area contributed by atoms with Crippen molar-refractivity contribution in [2.45, 2.75) is 25.8 Å². The minimum absolute atomic E-state index is 0.0419. The van der Waals surface area contributed by atoms with Crippen molar-refractivity contribution >= 4 is 7.60 Å². The topological polar surface area (TPSA) is 61.8 Å². The molecule has 0 unspecified atom stereocenters. The fourth-order valence-electron chi connectivity index (χ4n) is 2.39. The lowest BCUT2D eigenvalue weighted by atomic mass is 10.0. The standard InChI is InChI=1S/C18H19NO4P/c1-18(2)14-13-17(19(18)20)24(21,22-15-9-5-3-6-10-15)23-16-11-7-4-8-12-16/h3-13H,14H2,1-2H3/q-1. The highest BCUT2D eigenvalue weighted by Crippen LogP contribution is 2.59. The van der Waals surface area contributed by atoms with Crippen molar-refractivity contribution < 1.29 is 13.6 Å². The summed E-state index contributed by atoms with van der Waals surface area (Å²) in [5, 5.41) is 13.3. The van der Waals surface area contributed by atoms with E-state index in [0.717, 1.165) is 5.06 Å². The predicted molar refractivity (Wildman–Crippen MR) is 93.7 cm³/mol. The van der Waals surface area contributed by atoms with Gasteiger partial charge in [-0.05, 0) is 50.6 Å². The Morgan fingerprint density at radius 2 is 1.42 bits per heavy atom. The second-order valence-corrected chi connectivity index (χ2v) is 8.00. The van der Waals surface area contributed by atoms with Crippen LogP contribution in [0, 0.1) is 5.21 Å². The molecule has 0 radical (unpaired) electrons. The van der Waals surface area contributed by atoms with E-state index >= 15 is 0 Å². The number of hydrogen-bond donors (Lipinski definition) is 0. The third kappa shape index (κ3) is 3.32. The molecule has 0 spiro atoms. The average molecular weight is 344 g/mol. The van der Waals surface area contributed by atoms with Crippen LogP contribution in [0.1, 0.15) is 20.3 Å². The van der Waals surface area contributed by atoms with Gasteiger partial charge < -0.3 is 19.3 Å². The Bertz CT molecular complexity index is 729. The molecule has 1 aliphatic heterocycles. The first-order valence-corrected chi connectivity index (χ1v) is 9.22. The molecule has 1 heterocycles. The van der Waals surface area contributed by atoms with Gasteiger partial charge in [0.15, 0.2) is 0 Å². The second-order valence-electron chi connectivity index (χ2n) is 6.18. The Morgan fingerprint density at radius 1 is 0.958 bits per heavy atom. The summed E-state index contributed by atoms with van der Waals surface area (Å²) in [5.41, 5.74) is -0.634. The number of benzene rings is 2. The normalized spacial score (nSPS) is 16.6. The highest BCUT2D eigenvalue weighted by molar-refractivity contribution is 7.59. The third-order valence-corrected chi connectivity index (χ3v) is 5.59. The van der Waals surface area contributed by atoms with Gasteiger partial charge in [-0.25, -0.2) is 4.57 Å². The summed E-state index contributed by atoms with van der Waals surface area (Å²) < 4.78 is 24.9. The van der Waals surface area contributed by atoms with Gasteiger partial charge in [0, 0.05) is 5.54 Å². The smallest absolute Gasteiger partial charge is 0.477 e. The molecule has 3 rings (SSSR count). The number of rotatable bonds is 5. The van der Waals surface area contributed by atoms with Crippen molar-refractivity contribution in [3.05, 3.63) is 77.4 Å². The highest BCUT2D eigenvalue weighted by atomic mass is 31.2. The highest BCUT2D eigenvalue weighted by Gasteiger charge is 2.42. The molecule has 1 aliphatic rings. The fourth-order valence-corrected chi connectivity index (χ4v) is 4.22. The first-order valence-electron chi connectivity index (χ1n) is 7.68. The van der Waals surface area contributed by atoms with Crippen molar-refractivity contribution in [2.75, 3.05) is 0 Å². The lowest BCUT2D eigenvalue weighted by Crippen LogP contribution is -2.34. The van der Waals surface area contributed by atoms with E-state index in [2.05, 4.69) is 0 Å². The van der Waals surface area contributed by atoms with Crippen molar-refractivity contribution in [3.63, 3.8) is 0 Å². The summed E-state index contributed by atoms with van der Waals surface area (Å²) in [4.78, 5) is 0. The van der Waals surface area contributed by atoms with Gasteiger partial charge in [0.25, 0.3) is 0 Å². The summed E-state index contributed by atoms with van der Waals surface area (Å²) in [7, 11) is -3.87. The zero-order valence-electron chi connectivity index (χ0n) is 13.6. The fraction of sp³-hybridized carbons (Fsp3) is 0.222. The Labute approximate surface area is 141 Å². The minimum Gasteiger partial charge on any atom is -0.758 e. The summed E-state index contributed by atoms with van der Waals surface area (Å²) in [6.45, 7) is 3.58. The number of hydroxylamine groups is 2. The molecule has 0 atom stereocenters. The van der Waals surface area contributed by atoms with Gasteiger partial charge in [0.2, 0.25) is 0 Å². The molecule has 6 heteroatoms. The summed E-state index contributed by atoms with van der Waals surface area (Å²) in [6, 6.07) is 17.4. The Kier molecular flexibility index (Phi) is 4.39. The van der Waals surface area contributed by atoms with Gasteiger partial charge in [0.05, 0.1) is 0 Å². The van der Waals surface area contributed by atoms with E-state index in [1.807, 2.05) is 12.1 Å². The van der Waals surface area contributed by atoms with E-state index in [1.54, 1.807) is 68.5 Å². The average Bonchev–Trinajstić information content (AvgIpc) is 2.83. The van der Waals surface area contributed by atoms with Crippen LogP contribution < -0.4 is 9.05 Å². The van der Waals surface area contributed by atoms with Crippen LogP contribution in [0.4, 0.5) is 0 Å². The molecule has 0 fully saturated rings. The lowest BCUT2D eigenvalue weighted by Gasteiger charge is -2.42. The molecule has 2 aromatic rings. The Balaban J connectivity index is 1.96. The van der Waals surface area contributed by atoms with Crippen LogP contribution in [0.5, 0.6) is 11.5 Å². The maximum Gasteiger partial charge on any atom is 0.477 e. The van der Waals surface area contributed by atoms with Gasteiger partial charge in [-0.15, -0.1) is 0 Å². The summed E-state index contributed by atoms with van der Waals surface area (Å²) >= 11 is 0. The van der Waals surface area contributed by atoms with E-state index in [-0.39, 0.29) is 5.44 Å². The zero-order valence-corrected chi connectivity index (χ0v) is 14.5. The maximum atomic E-state index is 13.5. The van der Waals surface area contributed by atoms with Crippen molar-refractivity contribution in [2.24, 2.45) is 0 Å². The van der Waals surface area contributed by atoms with Crippen molar-refractivity contribution in [1.82, 2.24) is 5.06 Å². The van der Waals surface area contributed by atoms with Crippen LogP contribution in [-0.4, -0.2) is 10.6 Å². The molecular weight excluding hydrogens is 325 g/mol. The molecule has 0 aromatic heterocycles. The van der Waals surface area contributed by atoms with E-state index in [4.69, 9.17) is 9.05 Å². The first-order chi connectivity index (χ1) is 11.4. The minimum atomic E-state index is -3.87. The molecule has 5 nitrogen and oxygen atoms in total. The van der Waals surface area contributed by atoms with Gasteiger partial charge >= 0.3 is 7.60 Å².